The Bertz CT molecular complexity index is 537. The van der Waals surface area contributed by atoms with Crippen LogP contribution in [-0.4, -0.2) is 32.7 Å². The largest absolute Gasteiger partial charge is 0.465 e. The Kier molecular flexibility index (Phi) is 4.77. The van der Waals surface area contributed by atoms with Gasteiger partial charge in [0.2, 0.25) is 0 Å². The molecular weight excluding hydrogens is 278 g/mol. The number of hydrogen-bond acceptors (Lipinski definition) is 4. The van der Waals surface area contributed by atoms with Crippen molar-refractivity contribution in [2.45, 2.75) is 13.3 Å². The molecule has 2 atom stereocenters. The molecule has 4 nitrogen and oxygen atoms in total. The second-order valence-corrected chi connectivity index (χ2v) is 5.46. The zero-order valence-electron chi connectivity index (χ0n) is 12.2. The van der Waals surface area contributed by atoms with Crippen LogP contribution >= 0.6 is 0 Å². The number of methoxy groups -OCH3 is 1. The third-order valence-corrected chi connectivity index (χ3v) is 4.22. The van der Waals surface area contributed by atoms with Gasteiger partial charge in [-0.2, -0.15) is 0 Å². The van der Waals surface area contributed by atoms with Crippen molar-refractivity contribution in [2.24, 2.45) is 17.6 Å². The molecular formula is C15H20F2N2O2. The van der Waals surface area contributed by atoms with Gasteiger partial charge in [-0.15, -0.1) is 0 Å². The lowest BCUT2D eigenvalue weighted by Crippen LogP contribution is -2.43. The Morgan fingerprint density at radius 3 is 2.76 bits per heavy atom. The second kappa shape index (κ2) is 6.39. The summed E-state index contributed by atoms with van der Waals surface area (Å²) < 4.78 is 32.6. The van der Waals surface area contributed by atoms with Gasteiger partial charge in [0, 0.05) is 13.1 Å². The first-order valence-electron chi connectivity index (χ1n) is 7.00. The highest BCUT2D eigenvalue weighted by Gasteiger charge is 2.28. The van der Waals surface area contributed by atoms with Crippen molar-refractivity contribution in [3.8, 4) is 0 Å². The molecule has 21 heavy (non-hydrogen) atoms. The first kappa shape index (κ1) is 15.7. The van der Waals surface area contributed by atoms with Gasteiger partial charge in [0.05, 0.1) is 18.4 Å². The molecule has 1 aliphatic heterocycles. The van der Waals surface area contributed by atoms with Crippen LogP contribution in [0, 0.1) is 23.5 Å². The van der Waals surface area contributed by atoms with Gasteiger partial charge in [-0.25, -0.2) is 13.6 Å². The van der Waals surface area contributed by atoms with Gasteiger partial charge in [0.25, 0.3) is 0 Å². The minimum Gasteiger partial charge on any atom is -0.465 e. The Hall–Kier alpha value is -1.69. The molecule has 0 spiro atoms. The average Bonchev–Trinajstić information content (AvgIpc) is 2.50. The summed E-state index contributed by atoms with van der Waals surface area (Å²) >= 11 is 0. The topological polar surface area (TPSA) is 55.6 Å². The van der Waals surface area contributed by atoms with E-state index in [4.69, 9.17) is 5.73 Å². The van der Waals surface area contributed by atoms with Gasteiger partial charge in [-0.05, 0) is 36.9 Å². The van der Waals surface area contributed by atoms with Crippen LogP contribution in [0.4, 0.5) is 14.5 Å². The normalized spacial score (nSPS) is 22.2. The molecule has 116 valence electrons. The zero-order chi connectivity index (χ0) is 15.6. The van der Waals surface area contributed by atoms with Crippen LogP contribution in [0.1, 0.15) is 23.7 Å². The molecule has 6 heteroatoms. The fraction of sp³-hybridized carbons (Fsp3) is 0.533. The maximum Gasteiger partial charge on any atom is 0.340 e. The molecule has 2 unspecified atom stereocenters. The Morgan fingerprint density at radius 1 is 1.43 bits per heavy atom. The number of carbonyl (C=O) groups is 1. The van der Waals surface area contributed by atoms with E-state index in [1.165, 1.54) is 12.1 Å². The first-order valence-corrected chi connectivity index (χ1v) is 7.00. The van der Waals surface area contributed by atoms with E-state index in [0.717, 1.165) is 13.5 Å². The highest BCUT2D eigenvalue weighted by molar-refractivity contribution is 5.90. The number of ether oxygens (including phenoxy) is 1. The molecule has 1 aromatic carbocycles. The van der Waals surface area contributed by atoms with Crippen molar-refractivity contribution in [2.75, 3.05) is 31.6 Å². The molecule has 0 saturated carbocycles. The van der Waals surface area contributed by atoms with Gasteiger partial charge >= 0.3 is 5.97 Å². The average molecular weight is 298 g/mol. The van der Waals surface area contributed by atoms with Crippen molar-refractivity contribution < 1.29 is 18.3 Å². The number of rotatable bonds is 3. The third-order valence-electron chi connectivity index (χ3n) is 4.22. The maximum absolute atomic E-state index is 14.2. The molecule has 1 aromatic rings. The fourth-order valence-electron chi connectivity index (χ4n) is 2.73. The summed E-state index contributed by atoms with van der Waals surface area (Å²) in [7, 11) is 1.13. The molecule has 2 N–H and O–H groups in total. The highest BCUT2D eigenvalue weighted by atomic mass is 19.2. The van der Waals surface area contributed by atoms with Gasteiger partial charge in [-0.1, -0.05) is 6.92 Å². The molecule has 1 fully saturated rings. The summed E-state index contributed by atoms with van der Waals surface area (Å²) in [6.07, 6.45) is 0.877. The number of esters is 1. The van der Waals surface area contributed by atoms with E-state index >= 15 is 0 Å². The number of hydrogen-bond donors (Lipinski definition) is 1. The molecule has 0 aliphatic carbocycles. The highest BCUT2D eigenvalue weighted by Crippen LogP contribution is 2.30. The monoisotopic (exact) mass is 298 g/mol. The third kappa shape index (κ3) is 3.00. The Morgan fingerprint density at radius 2 is 2.14 bits per heavy atom. The van der Waals surface area contributed by atoms with E-state index in [1.54, 1.807) is 4.90 Å². The van der Waals surface area contributed by atoms with E-state index in [2.05, 4.69) is 11.7 Å². The fourth-order valence-corrected chi connectivity index (χ4v) is 2.73. The van der Waals surface area contributed by atoms with Crippen molar-refractivity contribution >= 4 is 11.7 Å². The number of nitrogens with two attached hydrogens (primary N) is 1. The van der Waals surface area contributed by atoms with Gasteiger partial charge < -0.3 is 15.4 Å². The standard InChI is InChI=1S/C15H20F2N2O2/c1-9-5-6-19(8-10(9)7-18)12-4-3-11(15(20)21-2)13(16)14(12)17/h3-4,9-10H,5-8,18H2,1-2H3. The van der Waals surface area contributed by atoms with E-state index in [-0.39, 0.29) is 17.2 Å². The van der Waals surface area contributed by atoms with Crippen LogP contribution in [0.3, 0.4) is 0 Å². The molecule has 2 rings (SSSR count). The van der Waals surface area contributed by atoms with Crippen LogP contribution in [0.25, 0.3) is 0 Å². The van der Waals surface area contributed by atoms with Crippen LogP contribution in [0.5, 0.6) is 0 Å². The smallest absolute Gasteiger partial charge is 0.340 e. The first-order chi connectivity index (χ1) is 9.99. The summed E-state index contributed by atoms with van der Waals surface area (Å²) in [5, 5.41) is 0. The lowest BCUT2D eigenvalue weighted by Gasteiger charge is -2.38. The van der Waals surface area contributed by atoms with E-state index in [1.807, 2.05) is 0 Å². The Labute approximate surface area is 122 Å². The van der Waals surface area contributed by atoms with Gasteiger partial charge in [0.15, 0.2) is 11.6 Å². The number of piperidine rings is 1. The molecule has 0 aromatic heterocycles. The summed E-state index contributed by atoms with van der Waals surface area (Å²) in [6, 6.07) is 2.68. The maximum atomic E-state index is 14.2. The molecule has 0 radical (unpaired) electrons. The van der Waals surface area contributed by atoms with E-state index < -0.39 is 17.6 Å². The van der Waals surface area contributed by atoms with Crippen LogP contribution in [-0.2, 0) is 4.74 Å². The number of benzene rings is 1. The molecule has 1 heterocycles. The lowest BCUT2D eigenvalue weighted by atomic mass is 9.87. The zero-order valence-corrected chi connectivity index (χ0v) is 12.2. The minimum atomic E-state index is -1.16. The van der Waals surface area contributed by atoms with E-state index in [0.29, 0.717) is 25.6 Å². The van der Waals surface area contributed by atoms with Crippen LogP contribution in [0.2, 0.25) is 0 Å². The molecule has 0 bridgehead atoms. The number of halogens is 2. The SMILES string of the molecule is COC(=O)c1ccc(N2CCC(C)C(CN)C2)c(F)c1F. The number of anilines is 1. The molecule has 0 amide bonds. The van der Waals surface area contributed by atoms with Crippen LogP contribution < -0.4 is 10.6 Å². The second-order valence-electron chi connectivity index (χ2n) is 5.46. The molecule has 1 saturated heterocycles. The van der Waals surface area contributed by atoms with Crippen molar-refractivity contribution in [3.63, 3.8) is 0 Å². The lowest BCUT2D eigenvalue weighted by molar-refractivity contribution is 0.0594. The number of carbonyl (C=O) groups excluding carboxylic acids is 1. The summed E-state index contributed by atoms with van der Waals surface area (Å²) in [5.41, 5.74) is 5.51. The van der Waals surface area contributed by atoms with E-state index in [9.17, 15) is 13.6 Å². The summed E-state index contributed by atoms with van der Waals surface area (Å²) in [5.74, 6) is -2.34. The summed E-state index contributed by atoms with van der Waals surface area (Å²) in [6.45, 7) is 3.87. The van der Waals surface area contributed by atoms with Crippen molar-refractivity contribution in [1.82, 2.24) is 0 Å². The van der Waals surface area contributed by atoms with Crippen LogP contribution in [0.15, 0.2) is 12.1 Å². The number of nitrogens with zero attached hydrogens (tertiary/aromatic N) is 1. The van der Waals surface area contributed by atoms with Crippen molar-refractivity contribution in [1.29, 1.82) is 0 Å². The molecule has 1 aliphatic rings. The Balaban J connectivity index is 2.29. The minimum absolute atomic E-state index is 0.172. The predicted octanol–water partition coefficient (Wildman–Crippen LogP) is 2.17. The van der Waals surface area contributed by atoms with Gasteiger partial charge in [0.1, 0.15) is 0 Å². The van der Waals surface area contributed by atoms with Gasteiger partial charge in [-0.3, -0.25) is 0 Å². The van der Waals surface area contributed by atoms with Crippen molar-refractivity contribution in [3.05, 3.63) is 29.3 Å². The predicted molar refractivity (Wildman–Crippen MR) is 76.2 cm³/mol. The quantitative estimate of drug-likeness (QED) is 0.869. The summed E-state index contributed by atoms with van der Waals surface area (Å²) in [4.78, 5) is 13.1.